The summed E-state index contributed by atoms with van der Waals surface area (Å²) in [4.78, 5) is 11.3. The Kier molecular flexibility index (Phi) is 7.52. The third-order valence-corrected chi connectivity index (χ3v) is 3.86. The van der Waals surface area contributed by atoms with Crippen LogP contribution in [0.1, 0.15) is 0 Å². The molecule has 0 saturated carbocycles. The van der Waals surface area contributed by atoms with Crippen LogP contribution in [0.5, 0.6) is 0 Å². The third kappa shape index (κ3) is 5.58. The Labute approximate surface area is 150 Å². The van der Waals surface area contributed by atoms with E-state index in [-0.39, 0.29) is 11.6 Å². The zero-order valence-corrected chi connectivity index (χ0v) is 14.7. The summed E-state index contributed by atoms with van der Waals surface area (Å²) in [6.45, 7) is 5.05. The summed E-state index contributed by atoms with van der Waals surface area (Å²) in [5.74, 6) is 0. The van der Waals surface area contributed by atoms with Crippen LogP contribution in [-0.2, 0) is 30.2 Å². The number of nitrogens with zero attached hydrogens (tertiary/aromatic N) is 3. The molecule has 26 heavy (non-hydrogen) atoms. The molecule has 0 radical (unpaired) electrons. The summed E-state index contributed by atoms with van der Waals surface area (Å²) in [7, 11) is 0. The Balaban J connectivity index is 1.61. The topological polar surface area (TPSA) is 117 Å². The highest BCUT2D eigenvalue weighted by Crippen LogP contribution is 2.06. The lowest BCUT2D eigenvalue weighted by atomic mass is 10.3. The minimum absolute atomic E-state index is 0.167. The second-order valence-electron chi connectivity index (χ2n) is 5.75. The first-order valence-electron chi connectivity index (χ1n) is 8.70. The predicted octanol–water partition coefficient (Wildman–Crippen LogP) is -0.296. The second-order valence-corrected chi connectivity index (χ2v) is 5.75. The van der Waals surface area contributed by atoms with Gasteiger partial charge in [-0.1, -0.05) is 0 Å². The number of hydrogen-bond acceptors (Lipinski definition) is 8. The highest BCUT2D eigenvalue weighted by atomic mass is 16.6. The second kappa shape index (κ2) is 10.3. The van der Waals surface area contributed by atoms with E-state index in [1.807, 2.05) is 4.57 Å². The highest BCUT2D eigenvalue weighted by molar-refractivity contribution is 5.68. The molecule has 3 rings (SSSR count). The van der Waals surface area contributed by atoms with E-state index < -0.39 is 0 Å². The van der Waals surface area contributed by atoms with Crippen LogP contribution in [-0.4, -0.2) is 85.1 Å². The molecule has 0 aromatic carbocycles. The van der Waals surface area contributed by atoms with Crippen molar-refractivity contribution in [2.24, 2.45) is 0 Å². The number of hydrogen-bond donors (Lipinski definition) is 2. The Morgan fingerprint density at radius 3 is 2.35 bits per heavy atom. The van der Waals surface area contributed by atoms with Crippen molar-refractivity contribution in [2.75, 3.05) is 59.5 Å². The van der Waals surface area contributed by atoms with E-state index in [1.54, 1.807) is 12.7 Å². The van der Waals surface area contributed by atoms with Crippen molar-refractivity contribution in [1.82, 2.24) is 19.5 Å². The zero-order valence-electron chi connectivity index (χ0n) is 14.7. The normalized spacial score (nSPS) is 21.9. The van der Waals surface area contributed by atoms with Crippen LogP contribution >= 0.6 is 0 Å². The molecule has 3 heterocycles. The summed E-state index contributed by atoms with van der Waals surface area (Å²) < 4.78 is 29.8. The lowest BCUT2D eigenvalue weighted by Gasteiger charge is -2.19. The minimum atomic E-state index is -0.191. The molecule has 0 spiro atoms. The Hall–Kier alpha value is -1.85. The molecule has 144 valence electrons. The van der Waals surface area contributed by atoms with Gasteiger partial charge in [-0.2, -0.15) is 0 Å². The predicted molar refractivity (Wildman–Crippen MR) is 90.7 cm³/mol. The van der Waals surface area contributed by atoms with Gasteiger partial charge in [0.05, 0.1) is 84.8 Å². The van der Waals surface area contributed by atoms with Gasteiger partial charge < -0.3 is 33.2 Å². The molecular formula is C16H25N5O5. The van der Waals surface area contributed by atoms with Gasteiger partial charge in [-0.15, -0.1) is 0 Å². The summed E-state index contributed by atoms with van der Waals surface area (Å²) in [6.07, 6.45) is 2.96. The number of fused-ring (bicyclic) bond motifs is 1. The largest absolute Gasteiger partial charge is 0.377 e. The van der Waals surface area contributed by atoms with Crippen molar-refractivity contribution in [1.29, 1.82) is 5.41 Å². The van der Waals surface area contributed by atoms with Crippen molar-refractivity contribution in [2.45, 2.75) is 12.6 Å². The van der Waals surface area contributed by atoms with Crippen LogP contribution in [0.4, 0.5) is 0 Å². The highest BCUT2D eigenvalue weighted by Gasteiger charge is 2.14. The van der Waals surface area contributed by atoms with E-state index >= 15 is 0 Å². The van der Waals surface area contributed by atoms with Gasteiger partial charge in [0.25, 0.3) is 0 Å². The molecule has 1 atom stereocenters. The van der Waals surface area contributed by atoms with E-state index in [4.69, 9.17) is 29.1 Å². The fourth-order valence-electron chi connectivity index (χ4n) is 2.58. The molecular weight excluding hydrogens is 342 g/mol. The number of aromatic amines is 1. The molecule has 10 nitrogen and oxygen atoms in total. The van der Waals surface area contributed by atoms with Crippen LogP contribution in [0.25, 0.3) is 11.2 Å². The SMILES string of the molecule is N=c1ncn(CC2COCCOCCOCCOCCO2)c2nc[nH]c12. The molecule has 1 aliphatic heterocycles. The van der Waals surface area contributed by atoms with Gasteiger partial charge in [-0.05, 0) is 0 Å². The van der Waals surface area contributed by atoms with Gasteiger partial charge in [0.15, 0.2) is 11.1 Å². The van der Waals surface area contributed by atoms with Crippen LogP contribution in [0.15, 0.2) is 12.7 Å². The van der Waals surface area contributed by atoms with Gasteiger partial charge in [0.2, 0.25) is 0 Å². The Morgan fingerprint density at radius 2 is 1.62 bits per heavy atom. The Morgan fingerprint density at radius 1 is 0.962 bits per heavy atom. The molecule has 0 amide bonds. The van der Waals surface area contributed by atoms with Gasteiger partial charge >= 0.3 is 0 Å². The number of ether oxygens (including phenoxy) is 5. The van der Waals surface area contributed by atoms with E-state index in [1.165, 1.54) is 0 Å². The summed E-state index contributed by atoms with van der Waals surface area (Å²) >= 11 is 0. The van der Waals surface area contributed by atoms with Crippen molar-refractivity contribution in [3.63, 3.8) is 0 Å². The molecule has 1 fully saturated rings. The molecule has 0 bridgehead atoms. The van der Waals surface area contributed by atoms with E-state index in [0.717, 1.165) is 0 Å². The van der Waals surface area contributed by atoms with Gasteiger partial charge in [-0.25, -0.2) is 9.97 Å². The average Bonchev–Trinajstić information content (AvgIpc) is 3.13. The summed E-state index contributed by atoms with van der Waals surface area (Å²) in [5.41, 5.74) is 1.43. The number of nitrogens with one attached hydrogen (secondary N) is 2. The van der Waals surface area contributed by atoms with Gasteiger partial charge in [0, 0.05) is 0 Å². The first-order chi connectivity index (χ1) is 12.8. The summed E-state index contributed by atoms with van der Waals surface area (Å²) in [6, 6.07) is 0. The van der Waals surface area contributed by atoms with Crippen molar-refractivity contribution in [3.05, 3.63) is 18.1 Å². The van der Waals surface area contributed by atoms with Crippen molar-refractivity contribution >= 4 is 11.2 Å². The fraction of sp³-hybridized carbons (Fsp3) is 0.688. The molecule has 2 aromatic rings. The molecule has 2 aromatic heterocycles. The quantitative estimate of drug-likeness (QED) is 0.749. The van der Waals surface area contributed by atoms with Crippen LogP contribution in [0, 0.1) is 5.41 Å². The maximum atomic E-state index is 7.82. The monoisotopic (exact) mass is 367 g/mol. The molecule has 1 unspecified atom stereocenters. The lowest BCUT2D eigenvalue weighted by molar-refractivity contribution is -0.0513. The number of rotatable bonds is 2. The lowest BCUT2D eigenvalue weighted by Crippen LogP contribution is -2.29. The first-order valence-corrected chi connectivity index (χ1v) is 8.70. The number of H-pyrrole nitrogens is 1. The molecule has 0 aliphatic carbocycles. The van der Waals surface area contributed by atoms with Gasteiger partial charge in [-0.3, -0.25) is 5.41 Å². The third-order valence-electron chi connectivity index (χ3n) is 3.86. The standard InChI is InChI=1S/C16H25N5O5/c17-15-14-16(19-11-18-14)21(12-20-15)9-13-10-25-6-5-23-2-1-22-3-4-24-7-8-26-13/h11-13,17H,1-10H2,(H,18,19). The maximum Gasteiger partial charge on any atom is 0.173 e. The van der Waals surface area contributed by atoms with Crippen LogP contribution < -0.4 is 5.49 Å². The summed E-state index contributed by atoms with van der Waals surface area (Å²) in [5, 5.41) is 7.82. The van der Waals surface area contributed by atoms with E-state index in [2.05, 4.69) is 15.0 Å². The van der Waals surface area contributed by atoms with Crippen LogP contribution in [0.2, 0.25) is 0 Å². The number of imidazole rings is 1. The number of aromatic nitrogens is 4. The van der Waals surface area contributed by atoms with Crippen LogP contribution in [0.3, 0.4) is 0 Å². The maximum absolute atomic E-state index is 7.82. The van der Waals surface area contributed by atoms with E-state index in [0.29, 0.717) is 77.2 Å². The molecule has 1 saturated heterocycles. The van der Waals surface area contributed by atoms with Crippen molar-refractivity contribution in [3.8, 4) is 0 Å². The van der Waals surface area contributed by atoms with Gasteiger partial charge in [0.1, 0.15) is 5.52 Å². The average molecular weight is 367 g/mol. The minimum Gasteiger partial charge on any atom is -0.377 e. The van der Waals surface area contributed by atoms with Crippen molar-refractivity contribution < 1.29 is 23.7 Å². The van der Waals surface area contributed by atoms with E-state index in [9.17, 15) is 0 Å². The fourth-order valence-corrected chi connectivity index (χ4v) is 2.58. The Bertz CT molecular complexity index is 702. The zero-order chi connectivity index (χ0) is 18.0. The molecule has 1 aliphatic rings. The first kappa shape index (κ1) is 18.9. The molecule has 10 heteroatoms. The molecule has 2 N–H and O–H groups in total. The smallest absolute Gasteiger partial charge is 0.173 e.